The fraction of sp³-hybridized carbons (Fsp3) is 0.467. The molecule has 0 radical (unpaired) electrons. The third-order valence-corrected chi connectivity index (χ3v) is 3.11. The van der Waals surface area contributed by atoms with E-state index in [9.17, 15) is 0 Å². The van der Waals surface area contributed by atoms with Crippen LogP contribution in [0, 0.1) is 13.8 Å². The summed E-state index contributed by atoms with van der Waals surface area (Å²) in [5, 5.41) is 3.51. The Labute approximate surface area is 104 Å². The molecule has 1 aliphatic rings. The van der Waals surface area contributed by atoms with Crippen LogP contribution in [-0.4, -0.2) is 25.3 Å². The molecule has 0 aliphatic carbocycles. The van der Waals surface area contributed by atoms with Crippen LogP contribution in [0.25, 0.3) is 6.08 Å². The van der Waals surface area contributed by atoms with Crippen LogP contribution in [0.2, 0.25) is 0 Å². The van der Waals surface area contributed by atoms with E-state index in [2.05, 4.69) is 56.4 Å². The topological polar surface area (TPSA) is 21.3 Å². The van der Waals surface area contributed by atoms with Crippen molar-refractivity contribution in [2.24, 2.45) is 0 Å². The summed E-state index contributed by atoms with van der Waals surface area (Å²) in [5.41, 5.74) is 3.91. The second-order valence-electron chi connectivity index (χ2n) is 4.93. The minimum absolute atomic E-state index is 0.332. The normalized spacial score (nSPS) is 25.4. The second-order valence-corrected chi connectivity index (χ2v) is 4.93. The van der Waals surface area contributed by atoms with Crippen LogP contribution >= 0.6 is 0 Å². The first-order valence-electron chi connectivity index (χ1n) is 6.24. The van der Waals surface area contributed by atoms with Gasteiger partial charge < -0.3 is 10.1 Å². The van der Waals surface area contributed by atoms with Gasteiger partial charge in [-0.1, -0.05) is 35.9 Å². The number of aryl methyl sites for hydroxylation is 2. The van der Waals surface area contributed by atoms with Gasteiger partial charge in [-0.2, -0.15) is 0 Å². The summed E-state index contributed by atoms with van der Waals surface area (Å²) in [7, 11) is 0. The van der Waals surface area contributed by atoms with E-state index in [0.717, 1.165) is 13.2 Å². The number of nitrogens with one attached hydrogen (secondary N) is 1. The van der Waals surface area contributed by atoms with Gasteiger partial charge in [0.05, 0.1) is 13.2 Å². The summed E-state index contributed by atoms with van der Waals surface area (Å²) >= 11 is 0. The molecule has 2 nitrogen and oxygen atoms in total. The highest BCUT2D eigenvalue weighted by atomic mass is 16.5. The molecule has 92 valence electrons. The van der Waals surface area contributed by atoms with E-state index < -0.39 is 0 Å². The summed E-state index contributed by atoms with van der Waals surface area (Å²) in [5.74, 6) is 0. The molecule has 1 saturated heterocycles. The fourth-order valence-electron chi connectivity index (χ4n) is 2.10. The predicted molar refractivity (Wildman–Crippen MR) is 72.2 cm³/mol. The number of hydrogen-bond acceptors (Lipinski definition) is 2. The van der Waals surface area contributed by atoms with Crippen LogP contribution in [0.4, 0.5) is 0 Å². The maximum atomic E-state index is 5.52. The van der Waals surface area contributed by atoms with Gasteiger partial charge in [-0.05, 0) is 31.9 Å². The van der Waals surface area contributed by atoms with Gasteiger partial charge in [-0.3, -0.25) is 0 Å². The van der Waals surface area contributed by atoms with Crippen molar-refractivity contribution in [1.82, 2.24) is 5.32 Å². The summed E-state index contributed by atoms with van der Waals surface area (Å²) in [6, 6.07) is 7.31. The highest BCUT2D eigenvalue weighted by Crippen LogP contribution is 2.13. The maximum Gasteiger partial charge on any atom is 0.0656 e. The molecule has 1 aromatic carbocycles. The Kier molecular flexibility index (Phi) is 3.97. The zero-order valence-electron chi connectivity index (χ0n) is 10.9. The molecule has 1 aromatic rings. The van der Waals surface area contributed by atoms with E-state index in [-0.39, 0.29) is 0 Å². The molecular formula is C15H21NO. The predicted octanol–water partition coefficient (Wildman–Crippen LogP) is 2.69. The van der Waals surface area contributed by atoms with Gasteiger partial charge in [-0.25, -0.2) is 0 Å². The van der Waals surface area contributed by atoms with Crippen LogP contribution in [0.15, 0.2) is 24.3 Å². The van der Waals surface area contributed by atoms with Gasteiger partial charge in [0.25, 0.3) is 0 Å². The molecule has 17 heavy (non-hydrogen) atoms. The highest BCUT2D eigenvalue weighted by Gasteiger charge is 2.15. The van der Waals surface area contributed by atoms with E-state index in [1.807, 2.05) is 0 Å². The van der Waals surface area contributed by atoms with E-state index in [1.54, 1.807) is 0 Å². The first-order valence-corrected chi connectivity index (χ1v) is 6.24. The summed E-state index contributed by atoms with van der Waals surface area (Å²) in [6.07, 6.45) is 4.40. The molecule has 1 heterocycles. The average molecular weight is 231 g/mol. The molecule has 0 amide bonds. The lowest BCUT2D eigenvalue weighted by Crippen LogP contribution is -2.46. The van der Waals surface area contributed by atoms with Crippen molar-refractivity contribution in [2.75, 3.05) is 13.2 Å². The van der Waals surface area contributed by atoms with Crippen LogP contribution in [0.3, 0.4) is 0 Å². The van der Waals surface area contributed by atoms with Crippen molar-refractivity contribution in [3.8, 4) is 0 Å². The van der Waals surface area contributed by atoms with Crippen molar-refractivity contribution in [2.45, 2.75) is 32.9 Å². The van der Waals surface area contributed by atoms with E-state index in [0.29, 0.717) is 12.1 Å². The van der Waals surface area contributed by atoms with Crippen LogP contribution in [-0.2, 0) is 4.74 Å². The largest absolute Gasteiger partial charge is 0.378 e. The highest BCUT2D eigenvalue weighted by molar-refractivity contribution is 5.55. The first kappa shape index (κ1) is 12.3. The lowest BCUT2D eigenvalue weighted by atomic mass is 10.0. The molecule has 1 aliphatic heterocycles. The smallest absolute Gasteiger partial charge is 0.0656 e. The Morgan fingerprint density at radius 1 is 1.29 bits per heavy atom. The van der Waals surface area contributed by atoms with Crippen LogP contribution < -0.4 is 5.32 Å². The lowest BCUT2D eigenvalue weighted by molar-refractivity contribution is 0.0637. The Hall–Kier alpha value is -1.12. The molecule has 2 unspecified atom stereocenters. The monoisotopic (exact) mass is 231 g/mol. The molecular weight excluding hydrogens is 210 g/mol. The molecule has 0 aromatic heterocycles. The Morgan fingerprint density at radius 3 is 2.88 bits per heavy atom. The number of benzene rings is 1. The van der Waals surface area contributed by atoms with E-state index in [4.69, 9.17) is 4.74 Å². The molecule has 2 atom stereocenters. The van der Waals surface area contributed by atoms with Gasteiger partial charge in [0, 0.05) is 12.1 Å². The van der Waals surface area contributed by atoms with Gasteiger partial charge in [0.1, 0.15) is 0 Å². The average Bonchev–Trinajstić information content (AvgIpc) is 2.30. The number of hydrogen-bond donors (Lipinski definition) is 1. The first-order chi connectivity index (χ1) is 8.15. The van der Waals surface area contributed by atoms with Crippen LogP contribution in [0.1, 0.15) is 23.6 Å². The van der Waals surface area contributed by atoms with E-state index >= 15 is 0 Å². The maximum absolute atomic E-state index is 5.52. The molecule has 1 fully saturated rings. The zero-order valence-corrected chi connectivity index (χ0v) is 10.9. The molecule has 2 rings (SSSR count). The van der Waals surface area contributed by atoms with Crippen molar-refractivity contribution in [1.29, 1.82) is 0 Å². The van der Waals surface area contributed by atoms with Crippen molar-refractivity contribution < 1.29 is 4.74 Å². The zero-order chi connectivity index (χ0) is 12.3. The van der Waals surface area contributed by atoms with Crippen molar-refractivity contribution in [3.05, 3.63) is 41.0 Å². The fourth-order valence-corrected chi connectivity index (χ4v) is 2.10. The van der Waals surface area contributed by atoms with Crippen LogP contribution in [0.5, 0.6) is 0 Å². The molecule has 2 heteroatoms. The van der Waals surface area contributed by atoms with E-state index in [1.165, 1.54) is 16.7 Å². The Balaban J connectivity index is 2.06. The summed E-state index contributed by atoms with van der Waals surface area (Å²) < 4.78 is 5.52. The van der Waals surface area contributed by atoms with Gasteiger partial charge >= 0.3 is 0 Å². The van der Waals surface area contributed by atoms with Crippen molar-refractivity contribution in [3.63, 3.8) is 0 Å². The third kappa shape index (κ3) is 3.42. The SMILES string of the molecule is Cc1ccc(C)c(/C=C/C2COCC(C)N2)c1. The molecule has 0 bridgehead atoms. The molecule has 0 saturated carbocycles. The van der Waals surface area contributed by atoms with Gasteiger partial charge in [0.15, 0.2) is 0 Å². The minimum atomic E-state index is 0.332. The Bertz CT molecular complexity index is 411. The van der Waals surface area contributed by atoms with Crippen molar-refractivity contribution >= 4 is 6.08 Å². The second kappa shape index (κ2) is 5.48. The number of ether oxygens (including phenoxy) is 1. The lowest BCUT2D eigenvalue weighted by Gasteiger charge is -2.26. The summed E-state index contributed by atoms with van der Waals surface area (Å²) in [4.78, 5) is 0. The standard InChI is InChI=1S/C15H21NO/c1-11-4-5-12(2)14(8-11)6-7-15-10-17-9-13(3)16-15/h4-8,13,15-16H,9-10H2,1-3H3/b7-6+. The quantitative estimate of drug-likeness (QED) is 0.845. The van der Waals surface area contributed by atoms with Gasteiger partial charge in [-0.15, -0.1) is 0 Å². The van der Waals surface area contributed by atoms with Gasteiger partial charge in [0.2, 0.25) is 0 Å². The molecule has 0 spiro atoms. The number of morpholine rings is 1. The third-order valence-electron chi connectivity index (χ3n) is 3.11. The molecule has 1 N–H and O–H groups in total. The minimum Gasteiger partial charge on any atom is -0.378 e. The Morgan fingerprint density at radius 2 is 2.12 bits per heavy atom. The summed E-state index contributed by atoms with van der Waals surface area (Å²) in [6.45, 7) is 8.00. The number of rotatable bonds is 2.